The Balaban J connectivity index is 2.28. The Morgan fingerprint density at radius 2 is 2.32 bits per heavy atom. The van der Waals surface area contributed by atoms with Crippen LogP contribution in [0.5, 0.6) is 0 Å². The molecule has 19 heavy (non-hydrogen) atoms. The molecule has 6 heteroatoms. The normalized spacial score (nSPS) is 12.2. The van der Waals surface area contributed by atoms with E-state index in [1.165, 1.54) is 0 Å². The summed E-state index contributed by atoms with van der Waals surface area (Å²) >= 11 is 3.35. The number of carbonyl (C=O) groups is 1. The van der Waals surface area contributed by atoms with E-state index in [2.05, 4.69) is 31.2 Å². The smallest absolute Gasteiger partial charge is 0.328 e. The molecule has 0 spiro atoms. The predicted molar refractivity (Wildman–Crippen MR) is 77.0 cm³/mol. The SMILES string of the molecule is CCOC(=O)C(C)Nc1ccnc2cc(Br)cnc12. The lowest BCUT2D eigenvalue weighted by molar-refractivity contribution is -0.143. The molecule has 1 atom stereocenters. The maximum Gasteiger partial charge on any atom is 0.328 e. The second kappa shape index (κ2) is 5.97. The number of rotatable bonds is 4. The average molecular weight is 324 g/mol. The lowest BCUT2D eigenvalue weighted by Gasteiger charge is -2.14. The van der Waals surface area contributed by atoms with Crippen LogP contribution in [0.2, 0.25) is 0 Å². The van der Waals surface area contributed by atoms with E-state index in [1.54, 1.807) is 32.3 Å². The van der Waals surface area contributed by atoms with Gasteiger partial charge in [0.25, 0.3) is 0 Å². The van der Waals surface area contributed by atoms with Crippen molar-refractivity contribution in [1.29, 1.82) is 0 Å². The van der Waals surface area contributed by atoms with Crippen LogP contribution in [0, 0.1) is 0 Å². The van der Waals surface area contributed by atoms with Crippen molar-refractivity contribution in [3.63, 3.8) is 0 Å². The monoisotopic (exact) mass is 323 g/mol. The number of hydrogen-bond acceptors (Lipinski definition) is 5. The molecule has 0 aliphatic rings. The van der Waals surface area contributed by atoms with E-state index in [0.717, 1.165) is 21.2 Å². The number of pyridine rings is 2. The van der Waals surface area contributed by atoms with Crippen LogP contribution < -0.4 is 5.32 Å². The second-order valence-corrected chi connectivity index (χ2v) is 4.91. The molecule has 1 unspecified atom stereocenters. The third-order valence-electron chi connectivity index (χ3n) is 2.56. The third kappa shape index (κ3) is 3.20. The van der Waals surface area contributed by atoms with Crippen molar-refractivity contribution in [3.8, 4) is 0 Å². The first-order chi connectivity index (χ1) is 9.11. The highest BCUT2D eigenvalue weighted by Gasteiger charge is 2.15. The molecule has 0 aromatic carbocycles. The number of aromatic nitrogens is 2. The first kappa shape index (κ1) is 13.7. The van der Waals surface area contributed by atoms with Crippen molar-refractivity contribution in [2.75, 3.05) is 11.9 Å². The number of nitrogens with one attached hydrogen (secondary N) is 1. The minimum absolute atomic E-state index is 0.287. The molecule has 2 heterocycles. The summed E-state index contributed by atoms with van der Waals surface area (Å²) in [4.78, 5) is 20.2. The van der Waals surface area contributed by atoms with Gasteiger partial charge in [0.1, 0.15) is 11.6 Å². The van der Waals surface area contributed by atoms with Gasteiger partial charge in [0.2, 0.25) is 0 Å². The van der Waals surface area contributed by atoms with Gasteiger partial charge < -0.3 is 10.1 Å². The molecule has 2 aromatic heterocycles. The molecule has 100 valence electrons. The van der Waals surface area contributed by atoms with Gasteiger partial charge in [0, 0.05) is 16.9 Å². The van der Waals surface area contributed by atoms with Gasteiger partial charge in [0.15, 0.2) is 0 Å². The van der Waals surface area contributed by atoms with Gasteiger partial charge in [-0.05, 0) is 41.9 Å². The number of carbonyl (C=O) groups excluding carboxylic acids is 1. The van der Waals surface area contributed by atoms with E-state index < -0.39 is 6.04 Å². The molecule has 0 aliphatic carbocycles. The first-order valence-electron chi connectivity index (χ1n) is 5.95. The topological polar surface area (TPSA) is 64.1 Å². The van der Waals surface area contributed by atoms with Crippen molar-refractivity contribution >= 4 is 38.6 Å². The van der Waals surface area contributed by atoms with Gasteiger partial charge in [-0.3, -0.25) is 9.97 Å². The molecule has 2 aromatic rings. The average Bonchev–Trinajstić information content (AvgIpc) is 2.38. The third-order valence-corrected chi connectivity index (χ3v) is 2.99. The summed E-state index contributed by atoms with van der Waals surface area (Å²) in [6.07, 6.45) is 3.38. The fourth-order valence-electron chi connectivity index (χ4n) is 1.68. The van der Waals surface area contributed by atoms with Crippen LogP contribution in [0.15, 0.2) is 29.0 Å². The van der Waals surface area contributed by atoms with Crippen molar-refractivity contribution in [2.45, 2.75) is 19.9 Å². The van der Waals surface area contributed by atoms with Gasteiger partial charge >= 0.3 is 5.97 Å². The van der Waals surface area contributed by atoms with Gasteiger partial charge in [-0.2, -0.15) is 0 Å². The summed E-state index contributed by atoms with van der Waals surface area (Å²) in [5.74, 6) is -0.287. The summed E-state index contributed by atoms with van der Waals surface area (Å²) in [5, 5.41) is 3.10. The van der Waals surface area contributed by atoms with E-state index in [1.807, 2.05) is 6.07 Å². The van der Waals surface area contributed by atoms with E-state index >= 15 is 0 Å². The van der Waals surface area contributed by atoms with Crippen molar-refractivity contribution < 1.29 is 9.53 Å². The predicted octanol–water partition coefficient (Wildman–Crippen LogP) is 2.76. The number of fused-ring (bicyclic) bond motifs is 1. The van der Waals surface area contributed by atoms with E-state index in [0.29, 0.717) is 6.61 Å². The Hall–Kier alpha value is -1.69. The number of esters is 1. The summed E-state index contributed by atoms with van der Waals surface area (Å²) in [6.45, 7) is 3.90. The van der Waals surface area contributed by atoms with Crippen LogP contribution in [-0.2, 0) is 9.53 Å². The van der Waals surface area contributed by atoms with E-state index in [4.69, 9.17) is 4.74 Å². The number of anilines is 1. The van der Waals surface area contributed by atoms with Crippen molar-refractivity contribution in [2.24, 2.45) is 0 Å². The molecule has 0 fully saturated rings. The van der Waals surface area contributed by atoms with E-state index in [9.17, 15) is 4.79 Å². The minimum atomic E-state index is -0.434. The van der Waals surface area contributed by atoms with Gasteiger partial charge in [-0.25, -0.2) is 4.79 Å². The summed E-state index contributed by atoms with van der Waals surface area (Å²) in [7, 11) is 0. The molecule has 0 radical (unpaired) electrons. The largest absolute Gasteiger partial charge is 0.464 e. The Morgan fingerprint density at radius 3 is 3.05 bits per heavy atom. The van der Waals surface area contributed by atoms with Crippen LogP contribution in [0.1, 0.15) is 13.8 Å². The molecular weight excluding hydrogens is 310 g/mol. The van der Waals surface area contributed by atoms with Crippen LogP contribution in [-0.4, -0.2) is 28.6 Å². The maximum absolute atomic E-state index is 11.6. The summed E-state index contributed by atoms with van der Waals surface area (Å²) in [5.41, 5.74) is 2.25. The number of hydrogen-bond donors (Lipinski definition) is 1. The summed E-state index contributed by atoms with van der Waals surface area (Å²) in [6, 6.07) is 3.23. The number of nitrogens with zero attached hydrogens (tertiary/aromatic N) is 2. The second-order valence-electron chi connectivity index (χ2n) is 4.00. The highest BCUT2D eigenvalue weighted by atomic mass is 79.9. The van der Waals surface area contributed by atoms with Crippen LogP contribution in [0.25, 0.3) is 11.0 Å². The van der Waals surface area contributed by atoms with Crippen molar-refractivity contribution in [3.05, 3.63) is 29.0 Å². The zero-order valence-corrected chi connectivity index (χ0v) is 12.3. The number of ether oxygens (including phenoxy) is 1. The standard InChI is InChI=1S/C13H14BrN3O2/c1-3-19-13(18)8(2)17-10-4-5-15-11-6-9(14)7-16-12(10)11/h4-8H,3H2,1-2H3,(H,15,17). The summed E-state index contributed by atoms with van der Waals surface area (Å²) < 4.78 is 5.83. The van der Waals surface area contributed by atoms with Gasteiger partial charge in [-0.1, -0.05) is 0 Å². The Labute approximate surface area is 119 Å². The lowest BCUT2D eigenvalue weighted by atomic mass is 10.2. The molecule has 0 bridgehead atoms. The Kier molecular flexibility index (Phi) is 4.31. The van der Waals surface area contributed by atoms with Crippen LogP contribution >= 0.6 is 15.9 Å². The van der Waals surface area contributed by atoms with Gasteiger partial charge in [-0.15, -0.1) is 0 Å². The highest BCUT2D eigenvalue weighted by molar-refractivity contribution is 9.10. The molecule has 0 saturated heterocycles. The molecule has 0 amide bonds. The van der Waals surface area contributed by atoms with Gasteiger partial charge in [0.05, 0.1) is 17.8 Å². The molecule has 5 nitrogen and oxygen atoms in total. The zero-order chi connectivity index (χ0) is 13.8. The number of halogens is 1. The van der Waals surface area contributed by atoms with Crippen LogP contribution in [0.4, 0.5) is 5.69 Å². The zero-order valence-electron chi connectivity index (χ0n) is 10.7. The van der Waals surface area contributed by atoms with Crippen LogP contribution in [0.3, 0.4) is 0 Å². The molecule has 2 rings (SSSR count). The molecule has 0 aliphatic heterocycles. The maximum atomic E-state index is 11.6. The Bertz CT molecular complexity index is 603. The van der Waals surface area contributed by atoms with E-state index in [-0.39, 0.29) is 5.97 Å². The minimum Gasteiger partial charge on any atom is -0.464 e. The lowest BCUT2D eigenvalue weighted by Crippen LogP contribution is -2.28. The fraction of sp³-hybridized carbons (Fsp3) is 0.308. The fourth-order valence-corrected chi connectivity index (χ4v) is 2.00. The first-order valence-corrected chi connectivity index (χ1v) is 6.74. The molecule has 0 saturated carbocycles. The van der Waals surface area contributed by atoms with Crippen molar-refractivity contribution in [1.82, 2.24) is 9.97 Å². The Morgan fingerprint density at radius 1 is 1.53 bits per heavy atom. The quantitative estimate of drug-likeness (QED) is 0.876. The highest BCUT2D eigenvalue weighted by Crippen LogP contribution is 2.22. The molecular formula is C13H14BrN3O2. The molecule has 1 N–H and O–H groups in total.